The first-order valence-electron chi connectivity index (χ1n) is 17.7. The molecule has 0 bridgehead atoms. The van der Waals surface area contributed by atoms with Crippen LogP contribution in [0.25, 0.3) is 16.5 Å². The number of fused-ring (bicyclic) bond motifs is 1. The third-order valence-corrected chi connectivity index (χ3v) is 7.62. The van der Waals surface area contributed by atoms with Crippen LogP contribution in [0.5, 0.6) is 11.5 Å². The largest absolute Gasteiger partial charge is 0.465 e. The highest BCUT2D eigenvalue weighted by molar-refractivity contribution is 6.07. The first-order chi connectivity index (χ1) is 26.8. The number of urea groups is 1. The van der Waals surface area contributed by atoms with E-state index in [1.54, 1.807) is 42.1 Å². The second kappa shape index (κ2) is 21.7. The molecule has 0 saturated heterocycles. The van der Waals surface area contributed by atoms with Crippen molar-refractivity contribution in [2.45, 2.75) is 59.8 Å². The van der Waals surface area contributed by atoms with E-state index in [0.717, 1.165) is 34.1 Å². The van der Waals surface area contributed by atoms with Crippen molar-refractivity contribution in [1.29, 1.82) is 0 Å². The molecule has 0 atom stereocenters. The van der Waals surface area contributed by atoms with E-state index in [1.165, 1.54) is 6.08 Å². The van der Waals surface area contributed by atoms with Crippen molar-refractivity contribution in [3.63, 3.8) is 0 Å². The lowest BCUT2D eigenvalue weighted by molar-refractivity contribution is -0.191. The zero-order valence-corrected chi connectivity index (χ0v) is 32.2. The summed E-state index contributed by atoms with van der Waals surface area (Å²) in [5, 5.41) is 14.8. The summed E-state index contributed by atoms with van der Waals surface area (Å²) in [6.45, 7) is 12.6. The Kier molecular flexibility index (Phi) is 16.8. The van der Waals surface area contributed by atoms with E-state index in [1.807, 2.05) is 68.4 Å². The Balaban J connectivity index is 0.000000842. The predicted molar refractivity (Wildman–Crippen MR) is 210 cm³/mol. The van der Waals surface area contributed by atoms with E-state index in [0.29, 0.717) is 35.2 Å². The number of aliphatic imine (C=N–C) groups is 1. The quantitative estimate of drug-likeness (QED) is 0.0687. The summed E-state index contributed by atoms with van der Waals surface area (Å²) in [6, 6.07) is 23.9. The molecular weight excluding hydrogens is 718 g/mol. The molecule has 56 heavy (non-hydrogen) atoms. The van der Waals surface area contributed by atoms with Crippen molar-refractivity contribution in [1.82, 2.24) is 20.1 Å². The van der Waals surface area contributed by atoms with Gasteiger partial charge in [-0.05, 0) is 50.6 Å². The minimum Gasteiger partial charge on any atom is -0.465 e. The molecule has 3 N–H and O–H groups in total. The van der Waals surface area contributed by atoms with Crippen LogP contribution in [0.1, 0.15) is 58.0 Å². The van der Waals surface area contributed by atoms with E-state index in [9.17, 15) is 19.2 Å². The van der Waals surface area contributed by atoms with Crippen LogP contribution in [0.3, 0.4) is 0 Å². The second-order valence-corrected chi connectivity index (χ2v) is 13.0. The lowest BCUT2D eigenvalue weighted by Gasteiger charge is -2.14. The lowest BCUT2D eigenvalue weighted by atomic mass is 9.92. The molecule has 5 aromatic rings. The molecule has 3 amide bonds. The fraction of sp³-hybridized carbons (Fsp3) is 0.293. The second-order valence-electron chi connectivity index (χ2n) is 13.0. The molecule has 0 aliphatic rings. The van der Waals surface area contributed by atoms with Crippen LogP contribution in [0.15, 0.2) is 90.1 Å². The number of hydrogen-bond acceptors (Lipinski definition) is 11. The van der Waals surface area contributed by atoms with Gasteiger partial charge in [-0.3, -0.25) is 19.9 Å². The van der Waals surface area contributed by atoms with Gasteiger partial charge in [0.2, 0.25) is 12.0 Å². The standard InChI is InChI=1S/C36H38N6O5.C4H7NO.CO2/c1-6-46-34(44)22-38-33(43)20-24-19-26(17-18-37-24)47-30-16-15-29(27-9-7-8-10-28(27)30)39-35(45)40-32-21-31(36(3,4)5)41-42(32)25-13-11-23(2)12-14-25;1-2-3-5-4-6;2-1-3/h7-19,21H,6,20,22H2,1-5H3,(H,38,43)(H2,39,40,45);2-3H2,1H3;. The van der Waals surface area contributed by atoms with Crippen molar-refractivity contribution in [2.75, 3.05) is 30.3 Å². The highest BCUT2D eigenvalue weighted by atomic mass is 16.5. The summed E-state index contributed by atoms with van der Waals surface area (Å²) >= 11 is 0. The summed E-state index contributed by atoms with van der Waals surface area (Å²) in [7, 11) is 0. The zero-order chi connectivity index (χ0) is 41.1. The third kappa shape index (κ3) is 13.5. The van der Waals surface area contributed by atoms with E-state index < -0.39 is 12.0 Å². The fourth-order valence-electron chi connectivity index (χ4n) is 4.97. The van der Waals surface area contributed by atoms with Gasteiger partial charge < -0.3 is 20.1 Å². The highest BCUT2D eigenvalue weighted by Crippen LogP contribution is 2.35. The van der Waals surface area contributed by atoms with Gasteiger partial charge in [0, 0.05) is 34.5 Å². The smallest absolute Gasteiger partial charge is 0.373 e. The molecule has 0 radical (unpaired) electrons. The summed E-state index contributed by atoms with van der Waals surface area (Å²) in [4.78, 5) is 70.3. The molecule has 2 heterocycles. The molecule has 2 aromatic heterocycles. The molecule has 292 valence electrons. The molecule has 0 saturated carbocycles. The van der Waals surface area contributed by atoms with Crippen LogP contribution in [-0.2, 0) is 40.5 Å². The number of benzene rings is 3. The number of anilines is 2. The van der Waals surface area contributed by atoms with Crippen molar-refractivity contribution >= 4 is 52.4 Å². The van der Waals surface area contributed by atoms with Gasteiger partial charge in [-0.25, -0.2) is 19.3 Å². The maximum atomic E-state index is 13.4. The summed E-state index contributed by atoms with van der Waals surface area (Å²) in [5.74, 6) is 0.720. The highest BCUT2D eigenvalue weighted by Gasteiger charge is 2.22. The van der Waals surface area contributed by atoms with Crippen LogP contribution < -0.4 is 20.7 Å². The molecule has 0 spiro atoms. The van der Waals surface area contributed by atoms with Crippen LogP contribution in [0, 0.1) is 6.92 Å². The Hall–Kier alpha value is -6.95. The predicted octanol–water partition coefficient (Wildman–Crippen LogP) is 6.83. The van der Waals surface area contributed by atoms with E-state index in [2.05, 4.69) is 46.7 Å². The van der Waals surface area contributed by atoms with Crippen molar-refractivity contribution in [2.24, 2.45) is 4.99 Å². The van der Waals surface area contributed by atoms with Gasteiger partial charge in [0.05, 0.1) is 42.3 Å². The Labute approximate surface area is 324 Å². The van der Waals surface area contributed by atoms with Gasteiger partial charge in [-0.15, -0.1) is 0 Å². The number of esters is 1. The number of pyridine rings is 1. The molecule has 15 heteroatoms. The number of nitrogens with zero attached hydrogens (tertiary/aromatic N) is 4. The first kappa shape index (κ1) is 43.5. The minimum atomic E-state index is -0.503. The monoisotopic (exact) mass is 763 g/mol. The average molecular weight is 764 g/mol. The maximum absolute atomic E-state index is 13.4. The average Bonchev–Trinajstić information content (AvgIpc) is 3.59. The van der Waals surface area contributed by atoms with Gasteiger partial charge in [0.25, 0.3) is 0 Å². The first-order valence-corrected chi connectivity index (χ1v) is 17.7. The number of aromatic nitrogens is 3. The molecular formula is C41H45N7O8. The van der Waals surface area contributed by atoms with Crippen LogP contribution in [-0.4, -0.2) is 64.6 Å². The molecule has 15 nitrogen and oxygen atoms in total. The van der Waals surface area contributed by atoms with E-state index >= 15 is 0 Å². The van der Waals surface area contributed by atoms with E-state index in [-0.39, 0.29) is 37.0 Å². The summed E-state index contributed by atoms with van der Waals surface area (Å²) in [6.07, 6.45) is 4.14. The van der Waals surface area contributed by atoms with Gasteiger partial charge in [0.1, 0.15) is 23.9 Å². The SMILES string of the molecule is CCCN=C=O.CCOC(=O)CNC(=O)Cc1cc(Oc2ccc(NC(=O)Nc3cc(C(C)(C)C)nn3-c3ccc(C)cc3)c3ccccc23)ccn1.O=C=O. The van der Waals surface area contributed by atoms with Gasteiger partial charge in [-0.2, -0.15) is 14.7 Å². The zero-order valence-electron chi connectivity index (χ0n) is 32.2. The summed E-state index contributed by atoms with van der Waals surface area (Å²) in [5.41, 5.74) is 3.66. The van der Waals surface area contributed by atoms with Gasteiger partial charge in [-0.1, -0.05) is 69.7 Å². The number of nitrogens with one attached hydrogen (secondary N) is 3. The van der Waals surface area contributed by atoms with Gasteiger partial charge in [0.15, 0.2) is 0 Å². The Morgan fingerprint density at radius 1 is 0.893 bits per heavy atom. The number of aryl methyl sites for hydroxylation is 1. The van der Waals surface area contributed by atoms with Crippen molar-refractivity contribution < 1.29 is 38.2 Å². The molecule has 3 aromatic carbocycles. The third-order valence-electron chi connectivity index (χ3n) is 7.62. The number of carbonyl (C=O) groups excluding carboxylic acids is 6. The molecule has 0 fully saturated rings. The molecule has 0 aliphatic carbocycles. The number of amides is 3. The van der Waals surface area contributed by atoms with Crippen molar-refractivity contribution in [3.8, 4) is 17.2 Å². The molecule has 0 aliphatic heterocycles. The maximum Gasteiger partial charge on any atom is 0.373 e. The summed E-state index contributed by atoms with van der Waals surface area (Å²) < 4.78 is 12.8. The number of ether oxygens (including phenoxy) is 2. The molecule has 5 rings (SSSR count). The van der Waals surface area contributed by atoms with Crippen LogP contribution in [0.4, 0.5) is 16.3 Å². The topological polar surface area (TPSA) is 200 Å². The fourth-order valence-corrected chi connectivity index (χ4v) is 4.97. The number of carbonyl (C=O) groups is 3. The number of rotatable bonds is 12. The molecule has 0 unspecified atom stereocenters. The normalized spacial score (nSPS) is 10.2. The Morgan fingerprint density at radius 2 is 1.59 bits per heavy atom. The Bertz CT molecular complexity index is 2180. The van der Waals surface area contributed by atoms with Gasteiger partial charge >= 0.3 is 18.2 Å². The van der Waals surface area contributed by atoms with Crippen LogP contribution >= 0.6 is 0 Å². The minimum absolute atomic E-state index is 0.0324. The Morgan fingerprint density at radius 3 is 2.21 bits per heavy atom. The number of hydrogen-bond donors (Lipinski definition) is 3. The number of isocyanates is 1. The van der Waals surface area contributed by atoms with Crippen molar-refractivity contribution in [3.05, 3.63) is 102 Å². The lowest BCUT2D eigenvalue weighted by Crippen LogP contribution is -2.31. The van der Waals surface area contributed by atoms with Crippen LogP contribution in [0.2, 0.25) is 0 Å². The van der Waals surface area contributed by atoms with E-state index in [4.69, 9.17) is 24.2 Å².